The number of hydrogen-bond acceptors (Lipinski definition) is 2. The molecule has 2 unspecified atom stereocenters. The SMILES string of the molecule is CNC(c1ccccc1)C(C)N(C)CC1CCCC1. The normalized spacial score (nSPS) is 19.8. The number of hydrogen-bond donors (Lipinski definition) is 1. The second-order valence-corrected chi connectivity index (χ2v) is 6.01. The Bertz CT molecular complexity index is 357. The van der Waals surface area contributed by atoms with Gasteiger partial charge in [-0.15, -0.1) is 0 Å². The van der Waals surface area contributed by atoms with E-state index in [9.17, 15) is 0 Å². The summed E-state index contributed by atoms with van der Waals surface area (Å²) in [6.07, 6.45) is 5.71. The molecular weight excluding hydrogens is 232 g/mol. The van der Waals surface area contributed by atoms with Crippen molar-refractivity contribution in [2.45, 2.75) is 44.7 Å². The second-order valence-electron chi connectivity index (χ2n) is 6.01. The van der Waals surface area contributed by atoms with Gasteiger partial charge in [-0.25, -0.2) is 0 Å². The summed E-state index contributed by atoms with van der Waals surface area (Å²) in [7, 11) is 4.34. The minimum absolute atomic E-state index is 0.410. The average Bonchev–Trinajstić information content (AvgIpc) is 2.93. The summed E-state index contributed by atoms with van der Waals surface area (Å²) in [6, 6.07) is 11.7. The third-order valence-electron chi connectivity index (χ3n) is 4.67. The van der Waals surface area contributed by atoms with E-state index in [1.165, 1.54) is 37.8 Å². The predicted octanol–water partition coefficient (Wildman–Crippen LogP) is 3.46. The summed E-state index contributed by atoms with van der Waals surface area (Å²) in [5, 5.41) is 3.48. The zero-order valence-corrected chi connectivity index (χ0v) is 12.6. The van der Waals surface area contributed by atoms with Gasteiger partial charge in [0.15, 0.2) is 0 Å². The highest BCUT2D eigenvalue weighted by Gasteiger charge is 2.24. The standard InChI is InChI=1S/C17H28N2/c1-14(19(3)13-15-9-7-8-10-15)17(18-2)16-11-5-4-6-12-16/h4-6,11-12,14-15,17-18H,7-10,13H2,1-3H3. The molecule has 1 aliphatic rings. The maximum absolute atomic E-state index is 3.48. The van der Waals surface area contributed by atoms with Crippen molar-refractivity contribution in [1.82, 2.24) is 10.2 Å². The Hall–Kier alpha value is -0.860. The van der Waals surface area contributed by atoms with Gasteiger partial charge >= 0.3 is 0 Å². The summed E-state index contributed by atoms with van der Waals surface area (Å²) >= 11 is 0. The van der Waals surface area contributed by atoms with Crippen molar-refractivity contribution in [1.29, 1.82) is 0 Å². The van der Waals surface area contributed by atoms with Crippen LogP contribution in [0.15, 0.2) is 30.3 Å². The van der Waals surface area contributed by atoms with E-state index in [0.29, 0.717) is 12.1 Å². The summed E-state index contributed by atoms with van der Waals surface area (Å²) in [5.41, 5.74) is 1.38. The molecule has 1 aromatic rings. The molecule has 19 heavy (non-hydrogen) atoms. The second kappa shape index (κ2) is 7.06. The molecule has 1 fully saturated rings. The quantitative estimate of drug-likeness (QED) is 0.842. The summed E-state index contributed by atoms with van der Waals surface area (Å²) < 4.78 is 0. The number of likely N-dealkylation sites (N-methyl/N-ethyl adjacent to an activating group) is 2. The lowest BCUT2D eigenvalue weighted by Gasteiger charge is -2.33. The Morgan fingerprint density at radius 3 is 2.42 bits per heavy atom. The first-order chi connectivity index (χ1) is 9.22. The van der Waals surface area contributed by atoms with Crippen LogP contribution in [0.25, 0.3) is 0 Å². The van der Waals surface area contributed by atoms with E-state index in [1.807, 2.05) is 0 Å². The van der Waals surface area contributed by atoms with Gasteiger partial charge in [-0.1, -0.05) is 43.2 Å². The maximum atomic E-state index is 3.48. The predicted molar refractivity (Wildman–Crippen MR) is 82.3 cm³/mol. The van der Waals surface area contributed by atoms with Crippen molar-refractivity contribution in [3.8, 4) is 0 Å². The van der Waals surface area contributed by atoms with Gasteiger partial charge in [0.25, 0.3) is 0 Å². The van der Waals surface area contributed by atoms with E-state index in [2.05, 4.69) is 61.6 Å². The van der Waals surface area contributed by atoms with E-state index in [4.69, 9.17) is 0 Å². The maximum Gasteiger partial charge on any atom is 0.0472 e. The fourth-order valence-electron chi connectivity index (χ4n) is 3.37. The summed E-state index contributed by atoms with van der Waals surface area (Å²) in [5.74, 6) is 0.917. The van der Waals surface area contributed by atoms with Gasteiger partial charge < -0.3 is 10.2 Å². The van der Waals surface area contributed by atoms with Crippen molar-refractivity contribution in [2.75, 3.05) is 20.6 Å². The number of nitrogens with zero attached hydrogens (tertiary/aromatic N) is 1. The first-order valence-corrected chi connectivity index (χ1v) is 7.65. The van der Waals surface area contributed by atoms with Gasteiger partial charge in [0.05, 0.1) is 0 Å². The molecule has 0 radical (unpaired) electrons. The highest BCUT2D eigenvalue weighted by atomic mass is 15.2. The van der Waals surface area contributed by atoms with Crippen molar-refractivity contribution < 1.29 is 0 Å². The van der Waals surface area contributed by atoms with Crippen molar-refractivity contribution in [3.05, 3.63) is 35.9 Å². The molecule has 2 rings (SSSR count). The summed E-state index contributed by atoms with van der Waals surface area (Å²) in [6.45, 7) is 3.58. The van der Waals surface area contributed by atoms with Crippen LogP contribution in [0.1, 0.15) is 44.2 Å². The van der Waals surface area contributed by atoms with Crippen molar-refractivity contribution in [3.63, 3.8) is 0 Å². The van der Waals surface area contributed by atoms with Gasteiger partial charge in [0, 0.05) is 18.6 Å². The van der Waals surface area contributed by atoms with Crippen LogP contribution < -0.4 is 5.32 Å². The molecule has 1 N–H and O–H groups in total. The highest BCUT2D eigenvalue weighted by molar-refractivity contribution is 5.20. The number of benzene rings is 1. The summed E-state index contributed by atoms with van der Waals surface area (Å²) in [4.78, 5) is 2.53. The van der Waals surface area contributed by atoms with Crippen LogP contribution in [0.2, 0.25) is 0 Å². The topological polar surface area (TPSA) is 15.3 Å². The van der Waals surface area contributed by atoms with Crippen molar-refractivity contribution >= 4 is 0 Å². The Labute approximate surface area is 118 Å². The van der Waals surface area contributed by atoms with Gasteiger partial charge in [0.2, 0.25) is 0 Å². The molecule has 0 heterocycles. The Morgan fingerprint density at radius 1 is 1.21 bits per heavy atom. The lowest BCUT2D eigenvalue weighted by atomic mass is 9.98. The van der Waals surface area contributed by atoms with Crippen LogP contribution >= 0.6 is 0 Å². The van der Waals surface area contributed by atoms with E-state index in [-0.39, 0.29) is 0 Å². The van der Waals surface area contributed by atoms with Gasteiger partial charge in [-0.2, -0.15) is 0 Å². The van der Waals surface area contributed by atoms with Crippen LogP contribution in [-0.4, -0.2) is 31.6 Å². The zero-order chi connectivity index (χ0) is 13.7. The van der Waals surface area contributed by atoms with Crippen LogP contribution in [-0.2, 0) is 0 Å². The monoisotopic (exact) mass is 260 g/mol. The number of nitrogens with one attached hydrogen (secondary N) is 1. The molecule has 106 valence electrons. The molecule has 0 aliphatic heterocycles. The van der Waals surface area contributed by atoms with Crippen LogP contribution in [0.4, 0.5) is 0 Å². The van der Waals surface area contributed by atoms with Crippen LogP contribution in [0.5, 0.6) is 0 Å². The molecule has 1 aromatic carbocycles. The molecule has 0 aromatic heterocycles. The largest absolute Gasteiger partial charge is 0.312 e. The molecular formula is C17H28N2. The van der Waals surface area contributed by atoms with Gasteiger partial charge in [0.1, 0.15) is 0 Å². The first-order valence-electron chi connectivity index (χ1n) is 7.65. The minimum Gasteiger partial charge on any atom is -0.312 e. The van der Waals surface area contributed by atoms with Crippen LogP contribution in [0, 0.1) is 5.92 Å². The molecule has 0 bridgehead atoms. The van der Waals surface area contributed by atoms with E-state index >= 15 is 0 Å². The lowest BCUT2D eigenvalue weighted by molar-refractivity contribution is 0.183. The molecule has 0 spiro atoms. The smallest absolute Gasteiger partial charge is 0.0472 e. The fraction of sp³-hybridized carbons (Fsp3) is 0.647. The zero-order valence-electron chi connectivity index (χ0n) is 12.6. The first kappa shape index (κ1) is 14.5. The van der Waals surface area contributed by atoms with E-state index in [0.717, 1.165) is 5.92 Å². The molecule has 2 heteroatoms. The number of rotatable bonds is 6. The lowest BCUT2D eigenvalue weighted by Crippen LogP contribution is -2.41. The van der Waals surface area contributed by atoms with E-state index in [1.54, 1.807) is 0 Å². The minimum atomic E-state index is 0.410. The molecule has 2 atom stereocenters. The third-order valence-corrected chi connectivity index (χ3v) is 4.67. The highest BCUT2D eigenvalue weighted by Crippen LogP contribution is 2.27. The third kappa shape index (κ3) is 3.80. The fourth-order valence-corrected chi connectivity index (χ4v) is 3.37. The van der Waals surface area contributed by atoms with E-state index < -0.39 is 0 Å². The molecule has 0 amide bonds. The van der Waals surface area contributed by atoms with Gasteiger partial charge in [-0.05, 0) is 45.3 Å². The van der Waals surface area contributed by atoms with Crippen LogP contribution in [0.3, 0.4) is 0 Å². The molecule has 1 aliphatic carbocycles. The average molecular weight is 260 g/mol. The van der Waals surface area contributed by atoms with Gasteiger partial charge in [-0.3, -0.25) is 0 Å². The van der Waals surface area contributed by atoms with Crippen molar-refractivity contribution in [2.24, 2.45) is 5.92 Å². The molecule has 1 saturated carbocycles. The Kier molecular flexibility index (Phi) is 5.41. The molecule has 0 saturated heterocycles. The Balaban J connectivity index is 1.97. The molecule has 2 nitrogen and oxygen atoms in total. The Morgan fingerprint density at radius 2 is 1.84 bits per heavy atom.